The molecule has 2 heterocycles. The molecule has 1 amide bonds. The number of aryl methyl sites for hydroxylation is 1. The zero-order valence-corrected chi connectivity index (χ0v) is 11.5. The number of carbonyl (C=O) groups excluding carboxylic acids is 1. The van der Waals surface area contributed by atoms with E-state index in [1.165, 1.54) is 0 Å². The number of hydrogen-bond acceptors (Lipinski definition) is 4. The second-order valence-corrected chi connectivity index (χ2v) is 5.09. The van der Waals surface area contributed by atoms with E-state index < -0.39 is 0 Å². The maximum absolute atomic E-state index is 11.5. The lowest BCUT2D eigenvalue weighted by Gasteiger charge is -2.30. The molecule has 1 aliphatic heterocycles. The normalized spacial score (nSPS) is 17.5. The summed E-state index contributed by atoms with van der Waals surface area (Å²) >= 11 is 0. The number of likely N-dealkylation sites (tertiary alicyclic amines) is 1. The van der Waals surface area contributed by atoms with Gasteiger partial charge < -0.3 is 16.0 Å². The van der Waals surface area contributed by atoms with Crippen molar-refractivity contribution in [2.75, 3.05) is 32.4 Å². The van der Waals surface area contributed by atoms with Crippen LogP contribution in [0.5, 0.6) is 0 Å². The van der Waals surface area contributed by atoms with Gasteiger partial charge in [0.05, 0.1) is 0 Å². The highest BCUT2D eigenvalue weighted by atomic mass is 16.1. The third-order valence-corrected chi connectivity index (χ3v) is 3.73. The van der Waals surface area contributed by atoms with Gasteiger partial charge in [0.15, 0.2) is 0 Å². The molecule has 6 nitrogen and oxygen atoms in total. The first kappa shape index (κ1) is 13.9. The molecular formula is C13H23N5O. The lowest BCUT2D eigenvalue weighted by molar-refractivity contribution is -0.125. The molecule has 106 valence electrons. The zero-order chi connectivity index (χ0) is 13.7. The van der Waals surface area contributed by atoms with E-state index in [2.05, 4.69) is 15.3 Å². The predicted octanol–water partition coefficient (Wildman–Crippen LogP) is 0.313. The lowest BCUT2D eigenvalue weighted by atomic mass is 9.96. The van der Waals surface area contributed by atoms with E-state index in [1.54, 1.807) is 7.05 Å². The minimum atomic E-state index is 0.187. The van der Waals surface area contributed by atoms with Crippen LogP contribution in [0.2, 0.25) is 0 Å². The number of hydrogen-bond donors (Lipinski definition) is 2. The summed E-state index contributed by atoms with van der Waals surface area (Å²) in [7, 11) is 1.71. The Labute approximate surface area is 113 Å². The topological polar surface area (TPSA) is 76.2 Å². The third-order valence-electron chi connectivity index (χ3n) is 3.73. The maximum Gasteiger partial charge on any atom is 0.222 e. The molecular weight excluding hydrogens is 242 g/mol. The van der Waals surface area contributed by atoms with Crippen molar-refractivity contribution in [1.82, 2.24) is 20.0 Å². The molecule has 6 heteroatoms. The van der Waals surface area contributed by atoms with Gasteiger partial charge in [-0.15, -0.1) is 0 Å². The fraction of sp³-hybridized carbons (Fsp3) is 0.692. The summed E-state index contributed by atoms with van der Waals surface area (Å²) in [6.07, 6.45) is 4.90. The molecule has 0 radical (unpaired) electrons. The van der Waals surface area contributed by atoms with Crippen LogP contribution in [0.3, 0.4) is 0 Å². The Morgan fingerprint density at radius 1 is 1.47 bits per heavy atom. The van der Waals surface area contributed by atoms with Gasteiger partial charge in [-0.25, -0.2) is 0 Å². The Morgan fingerprint density at radius 3 is 2.79 bits per heavy atom. The molecule has 1 saturated heterocycles. The first-order chi connectivity index (χ1) is 9.19. The molecule has 3 N–H and O–H groups in total. The standard InChI is InChI=1S/C13H23N5O/c1-15-13(19)11-3-8-17(9-4-11)6-2-7-18-10-5-12(14)16-18/h5,10-11H,2-4,6-9H2,1H3,(H2,14,16)(H,15,19). The van der Waals surface area contributed by atoms with Crippen molar-refractivity contribution in [2.45, 2.75) is 25.8 Å². The molecule has 0 aromatic carbocycles. The van der Waals surface area contributed by atoms with E-state index in [1.807, 2.05) is 16.9 Å². The smallest absolute Gasteiger partial charge is 0.222 e. The van der Waals surface area contributed by atoms with Crippen LogP contribution in [0.25, 0.3) is 0 Å². The predicted molar refractivity (Wildman–Crippen MR) is 74.5 cm³/mol. The molecule has 1 aliphatic rings. The number of anilines is 1. The highest BCUT2D eigenvalue weighted by molar-refractivity contribution is 5.78. The van der Waals surface area contributed by atoms with Crippen LogP contribution in [0, 0.1) is 5.92 Å². The molecule has 0 spiro atoms. The molecule has 0 aliphatic carbocycles. The second kappa shape index (κ2) is 6.56. The Balaban J connectivity index is 1.64. The molecule has 1 aromatic heterocycles. The van der Waals surface area contributed by atoms with Crippen molar-refractivity contribution < 1.29 is 4.79 Å². The number of nitrogens with two attached hydrogens (primary N) is 1. The monoisotopic (exact) mass is 265 g/mol. The quantitative estimate of drug-likeness (QED) is 0.803. The van der Waals surface area contributed by atoms with E-state index in [0.717, 1.165) is 45.4 Å². The van der Waals surface area contributed by atoms with Gasteiger partial charge in [0.2, 0.25) is 5.91 Å². The van der Waals surface area contributed by atoms with Gasteiger partial charge in [-0.1, -0.05) is 0 Å². The van der Waals surface area contributed by atoms with Gasteiger partial charge in [0, 0.05) is 25.7 Å². The largest absolute Gasteiger partial charge is 0.382 e. The number of nitrogens with zero attached hydrogens (tertiary/aromatic N) is 3. The van der Waals surface area contributed by atoms with E-state index in [0.29, 0.717) is 5.82 Å². The first-order valence-corrected chi connectivity index (χ1v) is 6.92. The lowest BCUT2D eigenvalue weighted by Crippen LogP contribution is -2.40. The Morgan fingerprint density at radius 2 is 2.21 bits per heavy atom. The van der Waals surface area contributed by atoms with Crippen molar-refractivity contribution >= 4 is 11.7 Å². The van der Waals surface area contributed by atoms with Crippen LogP contribution in [-0.4, -0.2) is 47.3 Å². The summed E-state index contributed by atoms with van der Waals surface area (Å²) < 4.78 is 1.88. The van der Waals surface area contributed by atoms with Gasteiger partial charge in [-0.2, -0.15) is 5.10 Å². The molecule has 1 fully saturated rings. The summed E-state index contributed by atoms with van der Waals surface area (Å²) in [4.78, 5) is 13.9. The van der Waals surface area contributed by atoms with Crippen molar-refractivity contribution in [3.63, 3.8) is 0 Å². The average Bonchev–Trinajstić information content (AvgIpc) is 2.84. The highest BCUT2D eigenvalue weighted by Crippen LogP contribution is 2.17. The highest BCUT2D eigenvalue weighted by Gasteiger charge is 2.23. The molecule has 1 aromatic rings. The number of nitrogens with one attached hydrogen (secondary N) is 1. The Kier molecular flexibility index (Phi) is 4.79. The van der Waals surface area contributed by atoms with E-state index >= 15 is 0 Å². The molecule has 0 saturated carbocycles. The van der Waals surface area contributed by atoms with E-state index in [-0.39, 0.29) is 11.8 Å². The number of carbonyl (C=O) groups is 1. The Hall–Kier alpha value is -1.56. The minimum Gasteiger partial charge on any atom is -0.382 e. The van der Waals surface area contributed by atoms with E-state index in [9.17, 15) is 4.79 Å². The number of amides is 1. The van der Waals surface area contributed by atoms with Crippen LogP contribution in [0.4, 0.5) is 5.82 Å². The molecule has 2 rings (SSSR count). The number of piperidine rings is 1. The molecule has 0 unspecified atom stereocenters. The van der Waals surface area contributed by atoms with Crippen LogP contribution in [0.1, 0.15) is 19.3 Å². The van der Waals surface area contributed by atoms with Crippen LogP contribution in [0.15, 0.2) is 12.3 Å². The average molecular weight is 265 g/mol. The van der Waals surface area contributed by atoms with Gasteiger partial charge >= 0.3 is 0 Å². The SMILES string of the molecule is CNC(=O)C1CCN(CCCn2ccc(N)n2)CC1. The van der Waals surface area contributed by atoms with Gasteiger partial charge in [-0.3, -0.25) is 9.48 Å². The van der Waals surface area contributed by atoms with Gasteiger partial charge in [0.1, 0.15) is 5.82 Å². The second-order valence-electron chi connectivity index (χ2n) is 5.09. The number of rotatable bonds is 5. The van der Waals surface area contributed by atoms with Crippen LogP contribution >= 0.6 is 0 Å². The number of nitrogen functional groups attached to an aromatic ring is 1. The van der Waals surface area contributed by atoms with Crippen molar-refractivity contribution in [2.24, 2.45) is 5.92 Å². The van der Waals surface area contributed by atoms with Crippen molar-refractivity contribution in [3.05, 3.63) is 12.3 Å². The van der Waals surface area contributed by atoms with Crippen molar-refractivity contribution in [1.29, 1.82) is 0 Å². The minimum absolute atomic E-state index is 0.187. The zero-order valence-electron chi connectivity index (χ0n) is 11.5. The van der Waals surface area contributed by atoms with Crippen LogP contribution < -0.4 is 11.1 Å². The Bertz CT molecular complexity index is 409. The first-order valence-electron chi connectivity index (χ1n) is 6.92. The fourth-order valence-corrected chi connectivity index (χ4v) is 2.58. The number of aromatic nitrogens is 2. The summed E-state index contributed by atoms with van der Waals surface area (Å²) in [5.74, 6) is 0.963. The summed E-state index contributed by atoms with van der Waals surface area (Å²) in [6.45, 7) is 3.98. The fourth-order valence-electron chi connectivity index (χ4n) is 2.58. The summed E-state index contributed by atoms with van der Waals surface area (Å²) in [5, 5.41) is 6.90. The van der Waals surface area contributed by atoms with E-state index in [4.69, 9.17) is 5.73 Å². The molecule has 0 bridgehead atoms. The molecule has 0 atom stereocenters. The third kappa shape index (κ3) is 3.96. The maximum atomic E-state index is 11.5. The summed E-state index contributed by atoms with van der Waals surface area (Å²) in [5.41, 5.74) is 5.57. The van der Waals surface area contributed by atoms with Crippen molar-refractivity contribution in [3.8, 4) is 0 Å². The van der Waals surface area contributed by atoms with Crippen LogP contribution in [-0.2, 0) is 11.3 Å². The molecule has 19 heavy (non-hydrogen) atoms. The van der Waals surface area contributed by atoms with Gasteiger partial charge in [-0.05, 0) is 45.0 Å². The summed E-state index contributed by atoms with van der Waals surface area (Å²) in [6, 6.07) is 1.81. The van der Waals surface area contributed by atoms with Gasteiger partial charge in [0.25, 0.3) is 0 Å².